The Morgan fingerprint density at radius 2 is 1.89 bits per heavy atom. The summed E-state index contributed by atoms with van der Waals surface area (Å²) in [5.41, 5.74) is 3.88. The van der Waals surface area contributed by atoms with Gasteiger partial charge in [0.2, 0.25) is 0 Å². The molecule has 0 amide bonds. The van der Waals surface area contributed by atoms with E-state index in [0.29, 0.717) is 5.41 Å². The van der Waals surface area contributed by atoms with Crippen LogP contribution in [0.1, 0.15) is 43.2 Å². The van der Waals surface area contributed by atoms with E-state index >= 15 is 0 Å². The van der Waals surface area contributed by atoms with E-state index < -0.39 is 0 Å². The van der Waals surface area contributed by atoms with Crippen LogP contribution in [-0.4, -0.2) is 12.6 Å². The minimum absolute atomic E-state index is 0. The van der Waals surface area contributed by atoms with Gasteiger partial charge in [0.05, 0.1) is 0 Å². The second-order valence-corrected chi connectivity index (χ2v) is 6.18. The number of rotatable bonds is 0. The van der Waals surface area contributed by atoms with Crippen LogP contribution in [0.25, 0.3) is 0 Å². The molecule has 1 aromatic carbocycles. The number of hydrogen-bond donors (Lipinski definition) is 1. The topological polar surface area (TPSA) is 12.0 Å². The summed E-state index contributed by atoms with van der Waals surface area (Å²) in [6.45, 7) is 1.23. The minimum atomic E-state index is 0. The summed E-state index contributed by atoms with van der Waals surface area (Å²) >= 11 is 0. The van der Waals surface area contributed by atoms with Gasteiger partial charge in [0.1, 0.15) is 0 Å². The molecule has 1 aliphatic heterocycles. The Balaban J connectivity index is 0.000000667. The fourth-order valence-electron chi connectivity index (χ4n) is 4.89. The highest BCUT2D eigenvalue weighted by atomic mass is 79.9. The van der Waals surface area contributed by atoms with Gasteiger partial charge in [-0.1, -0.05) is 37.1 Å². The van der Waals surface area contributed by atoms with Crippen LogP contribution in [0, 0.1) is 5.92 Å². The molecule has 3 aliphatic rings. The molecule has 0 radical (unpaired) electrons. The highest BCUT2D eigenvalue weighted by Crippen LogP contribution is 2.53. The molecule has 0 unspecified atom stereocenters. The first kappa shape index (κ1) is 15.5. The number of fused-ring (bicyclic) bond motifs is 1. The molecule has 19 heavy (non-hydrogen) atoms. The van der Waals surface area contributed by atoms with Crippen LogP contribution in [0.5, 0.6) is 0 Å². The van der Waals surface area contributed by atoms with Crippen LogP contribution in [0.2, 0.25) is 0 Å². The molecule has 1 nitrogen and oxygen atoms in total. The average Bonchev–Trinajstić information content (AvgIpc) is 2.39. The van der Waals surface area contributed by atoms with E-state index in [9.17, 15) is 0 Å². The Morgan fingerprint density at radius 1 is 1.05 bits per heavy atom. The van der Waals surface area contributed by atoms with Crippen molar-refractivity contribution in [3.8, 4) is 0 Å². The van der Waals surface area contributed by atoms with Crippen molar-refractivity contribution in [3.63, 3.8) is 0 Å². The van der Waals surface area contributed by atoms with Crippen molar-refractivity contribution in [3.05, 3.63) is 35.4 Å². The Kier molecular flexibility index (Phi) is 4.79. The lowest BCUT2D eigenvalue weighted by atomic mass is 9.53. The fraction of sp³-hybridized carbons (Fsp3) is 0.625. The van der Waals surface area contributed by atoms with Crippen LogP contribution in [0.15, 0.2) is 24.3 Å². The number of halogens is 2. The third kappa shape index (κ3) is 2.22. The van der Waals surface area contributed by atoms with Gasteiger partial charge in [-0.15, -0.1) is 34.0 Å². The lowest BCUT2D eigenvalue weighted by molar-refractivity contribution is 0.0798. The lowest BCUT2D eigenvalue weighted by Crippen LogP contribution is -2.59. The molecule has 1 saturated heterocycles. The third-order valence-electron chi connectivity index (χ3n) is 5.55. The van der Waals surface area contributed by atoms with E-state index in [1.165, 1.54) is 45.1 Å². The van der Waals surface area contributed by atoms with Crippen LogP contribution in [0.4, 0.5) is 0 Å². The van der Waals surface area contributed by atoms with Gasteiger partial charge in [0.15, 0.2) is 0 Å². The number of nitrogens with one attached hydrogen (secondary N) is 1. The number of piperidine rings is 1. The van der Waals surface area contributed by atoms with E-state index in [1.54, 1.807) is 11.1 Å². The molecule has 2 fully saturated rings. The summed E-state index contributed by atoms with van der Waals surface area (Å²) in [6.07, 6.45) is 8.41. The highest BCUT2D eigenvalue weighted by molar-refractivity contribution is 8.93. The SMILES string of the molecule is Br.Br.c1ccc2c(c1)C[C@H]1NCC[C@@]23CCCC[C@@H]13. The number of benzene rings is 1. The average molecular weight is 389 g/mol. The van der Waals surface area contributed by atoms with Gasteiger partial charge < -0.3 is 5.32 Å². The summed E-state index contributed by atoms with van der Waals surface area (Å²) in [5.74, 6) is 0.917. The molecular weight excluding hydrogens is 366 g/mol. The Hall–Kier alpha value is 0.140. The van der Waals surface area contributed by atoms with Gasteiger partial charge in [-0.05, 0) is 49.3 Å². The van der Waals surface area contributed by atoms with Crippen LogP contribution in [-0.2, 0) is 11.8 Å². The van der Waals surface area contributed by atoms with Crippen molar-refractivity contribution in [1.82, 2.24) is 5.32 Å². The first-order valence-corrected chi connectivity index (χ1v) is 7.22. The summed E-state index contributed by atoms with van der Waals surface area (Å²) in [7, 11) is 0. The van der Waals surface area contributed by atoms with Crippen molar-refractivity contribution in [1.29, 1.82) is 0 Å². The van der Waals surface area contributed by atoms with Crippen LogP contribution < -0.4 is 5.32 Å². The molecule has 3 heteroatoms. The summed E-state index contributed by atoms with van der Waals surface area (Å²) in [6, 6.07) is 10.0. The van der Waals surface area contributed by atoms with E-state index in [0.717, 1.165) is 12.0 Å². The zero-order valence-electron chi connectivity index (χ0n) is 11.2. The van der Waals surface area contributed by atoms with Gasteiger partial charge >= 0.3 is 0 Å². The first-order chi connectivity index (χ1) is 8.40. The standard InChI is InChI=1S/C16H21N.2BrH/c1-2-6-13-12(5-1)11-15-14-7-3-4-8-16(13,14)9-10-17-15;;/h1-2,5-6,14-15,17H,3-4,7-11H2;2*1H/t14-,15+,16-;;/m0../s1. The molecule has 0 spiro atoms. The zero-order chi connectivity index (χ0) is 11.3. The van der Waals surface area contributed by atoms with Crippen molar-refractivity contribution in [2.75, 3.05) is 6.54 Å². The lowest BCUT2D eigenvalue weighted by Gasteiger charge is -2.56. The van der Waals surface area contributed by atoms with Crippen LogP contribution >= 0.6 is 34.0 Å². The summed E-state index contributed by atoms with van der Waals surface area (Å²) in [5, 5.41) is 3.79. The second-order valence-electron chi connectivity index (χ2n) is 6.18. The van der Waals surface area contributed by atoms with Gasteiger partial charge in [-0.2, -0.15) is 0 Å². The van der Waals surface area contributed by atoms with E-state index in [4.69, 9.17) is 0 Å². The van der Waals surface area contributed by atoms with Gasteiger partial charge in [0.25, 0.3) is 0 Å². The molecule has 1 aromatic rings. The Bertz CT molecular complexity index is 444. The molecule has 4 rings (SSSR count). The second kappa shape index (κ2) is 5.87. The van der Waals surface area contributed by atoms with E-state index in [1.807, 2.05) is 0 Å². The molecule has 1 saturated carbocycles. The van der Waals surface area contributed by atoms with Crippen LogP contribution in [0.3, 0.4) is 0 Å². The molecule has 1 N–H and O–H groups in total. The quantitative estimate of drug-likeness (QED) is 0.702. The Morgan fingerprint density at radius 3 is 2.79 bits per heavy atom. The Labute approximate surface area is 137 Å². The molecule has 0 aromatic heterocycles. The van der Waals surface area contributed by atoms with Gasteiger partial charge in [0, 0.05) is 11.5 Å². The highest BCUT2D eigenvalue weighted by Gasteiger charge is 2.51. The molecule has 1 heterocycles. The predicted octanol–water partition coefficient (Wildman–Crippen LogP) is 4.19. The molecular formula is C16H23Br2N. The van der Waals surface area contributed by atoms with Crippen molar-refractivity contribution in [2.45, 2.75) is 50.0 Å². The predicted molar refractivity (Wildman–Crippen MR) is 90.8 cm³/mol. The van der Waals surface area contributed by atoms with Crippen molar-refractivity contribution < 1.29 is 0 Å². The summed E-state index contributed by atoms with van der Waals surface area (Å²) < 4.78 is 0. The smallest absolute Gasteiger partial charge is 0.0144 e. The van der Waals surface area contributed by atoms with E-state index in [2.05, 4.69) is 29.6 Å². The molecule has 2 aliphatic carbocycles. The minimum Gasteiger partial charge on any atom is -0.313 e. The fourth-order valence-corrected chi connectivity index (χ4v) is 4.89. The number of hydrogen-bond acceptors (Lipinski definition) is 1. The monoisotopic (exact) mass is 387 g/mol. The normalized spacial score (nSPS) is 35.2. The maximum absolute atomic E-state index is 3.79. The maximum atomic E-state index is 3.79. The maximum Gasteiger partial charge on any atom is 0.0144 e. The third-order valence-corrected chi connectivity index (χ3v) is 5.55. The summed E-state index contributed by atoms with van der Waals surface area (Å²) in [4.78, 5) is 0. The van der Waals surface area contributed by atoms with Gasteiger partial charge in [-0.3, -0.25) is 0 Å². The molecule has 106 valence electrons. The molecule has 2 bridgehead atoms. The molecule has 3 atom stereocenters. The van der Waals surface area contributed by atoms with Crippen molar-refractivity contribution in [2.24, 2.45) is 5.92 Å². The van der Waals surface area contributed by atoms with Gasteiger partial charge in [-0.25, -0.2) is 0 Å². The first-order valence-electron chi connectivity index (χ1n) is 7.22. The largest absolute Gasteiger partial charge is 0.313 e. The van der Waals surface area contributed by atoms with E-state index in [-0.39, 0.29) is 34.0 Å². The van der Waals surface area contributed by atoms with Crippen molar-refractivity contribution >= 4 is 34.0 Å². The zero-order valence-corrected chi connectivity index (χ0v) is 14.7.